The average Bonchev–Trinajstić information content (AvgIpc) is 2.44. The molecular formula is C15H32N2O4. The zero-order valence-electron chi connectivity index (χ0n) is 13.7. The van der Waals surface area contributed by atoms with Gasteiger partial charge in [-0.25, -0.2) is 0 Å². The van der Waals surface area contributed by atoms with Crippen molar-refractivity contribution < 1.29 is 19.4 Å². The average molecular weight is 304 g/mol. The zero-order valence-corrected chi connectivity index (χ0v) is 13.7. The number of aliphatic hydroxyl groups is 1. The summed E-state index contributed by atoms with van der Waals surface area (Å²) in [7, 11) is 0. The topological polar surface area (TPSA) is 79.8 Å². The Bertz CT molecular complexity index is 250. The van der Waals surface area contributed by atoms with E-state index in [0.717, 1.165) is 19.4 Å². The minimum Gasteiger partial charge on any atom is -0.389 e. The SMILES string of the molecule is CCCCOCCOCC(O)CNCC(=O)NCC(C)C. The molecule has 0 saturated heterocycles. The van der Waals surface area contributed by atoms with Gasteiger partial charge in [-0.15, -0.1) is 0 Å². The minimum atomic E-state index is -0.612. The number of amides is 1. The predicted molar refractivity (Wildman–Crippen MR) is 83.3 cm³/mol. The Balaban J connectivity index is 3.34. The molecule has 0 bridgehead atoms. The lowest BCUT2D eigenvalue weighted by atomic mass is 10.2. The van der Waals surface area contributed by atoms with E-state index in [0.29, 0.717) is 32.2 Å². The van der Waals surface area contributed by atoms with E-state index < -0.39 is 6.10 Å². The fraction of sp³-hybridized carbons (Fsp3) is 0.933. The quantitative estimate of drug-likeness (QED) is 0.408. The van der Waals surface area contributed by atoms with Crippen LogP contribution in [0, 0.1) is 5.92 Å². The van der Waals surface area contributed by atoms with Crippen molar-refractivity contribution >= 4 is 5.91 Å². The van der Waals surface area contributed by atoms with Crippen LogP contribution in [0.3, 0.4) is 0 Å². The molecule has 0 fully saturated rings. The normalized spacial score (nSPS) is 12.6. The Hall–Kier alpha value is -0.690. The van der Waals surface area contributed by atoms with Crippen LogP contribution in [0.4, 0.5) is 0 Å². The van der Waals surface area contributed by atoms with Gasteiger partial charge in [-0.1, -0.05) is 27.2 Å². The molecule has 0 aliphatic heterocycles. The summed E-state index contributed by atoms with van der Waals surface area (Å²) in [6.45, 7) is 9.47. The van der Waals surface area contributed by atoms with Crippen LogP contribution in [0.15, 0.2) is 0 Å². The van der Waals surface area contributed by atoms with Gasteiger partial charge in [-0.05, 0) is 12.3 Å². The van der Waals surface area contributed by atoms with Crippen molar-refractivity contribution in [3.63, 3.8) is 0 Å². The summed E-state index contributed by atoms with van der Waals surface area (Å²) >= 11 is 0. The van der Waals surface area contributed by atoms with E-state index in [1.165, 1.54) is 0 Å². The third-order valence-corrected chi connectivity index (χ3v) is 2.70. The molecule has 126 valence electrons. The van der Waals surface area contributed by atoms with Crippen LogP contribution in [-0.4, -0.2) is 63.2 Å². The summed E-state index contributed by atoms with van der Waals surface area (Å²) in [5.41, 5.74) is 0. The third-order valence-electron chi connectivity index (χ3n) is 2.70. The lowest BCUT2D eigenvalue weighted by Crippen LogP contribution is -2.39. The molecule has 0 saturated carbocycles. The number of hydrogen-bond donors (Lipinski definition) is 3. The summed E-state index contributed by atoms with van der Waals surface area (Å²) in [6, 6.07) is 0. The lowest BCUT2D eigenvalue weighted by Gasteiger charge is -2.13. The highest BCUT2D eigenvalue weighted by atomic mass is 16.5. The lowest BCUT2D eigenvalue weighted by molar-refractivity contribution is -0.120. The van der Waals surface area contributed by atoms with Gasteiger partial charge in [0.15, 0.2) is 0 Å². The van der Waals surface area contributed by atoms with Crippen LogP contribution in [0.5, 0.6) is 0 Å². The maximum absolute atomic E-state index is 11.4. The van der Waals surface area contributed by atoms with Gasteiger partial charge in [0.25, 0.3) is 0 Å². The van der Waals surface area contributed by atoms with Crippen LogP contribution < -0.4 is 10.6 Å². The van der Waals surface area contributed by atoms with Gasteiger partial charge in [0.1, 0.15) is 0 Å². The Morgan fingerprint density at radius 2 is 1.86 bits per heavy atom. The van der Waals surface area contributed by atoms with E-state index in [4.69, 9.17) is 9.47 Å². The molecule has 6 nitrogen and oxygen atoms in total. The molecular weight excluding hydrogens is 272 g/mol. The summed E-state index contributed by atoms with van der Waals surface area (Å²) < 4.78 is 10.6. The second-order valence-electron chi connectivity index (χ2n) is 5.52. The molecule has 0 aromatic heterocycles. The third kappa shape index (κ3) is 15.5. The van der Waals surface area contributed by atoms with E-state index in [9.17, 15) is 9.90 Å². The van der Waals surface area contributed by atoms with Crippen molar-refractivity contribution in [2.75, 3.05) is 46.1 Å². The molecule has 0 spiro atoms. The molecule has 0 heterocycles. The van der Waals surface area contributed by atoms with Crippen LogP contribution in [0.2, 0.25) is 0 Å². The molecule has 3 N–H and O–H groups in total. The van der Waals surface area contributed by atoms with Crippen LogP contribution in [0.25, 0.3) is 0 Å². The number of aliphatic hydroxyl groups excluding tert-OH is 1. The van der Waals surface area contributed by atoms with Crippen LogP contribution in [0.1, 0.15) is 33.6 Å². The van der Waals surface area contributed by atoms with E-state index in [1.54, 1.807) is 0 Å². The van der Waals surface area contributed by atoms with E-state index in [2.05, 4.69) is 17.6 Å². The predicted octanol–water partition coefficient (Wildman–Crippen LogP) is 0.542. The number of rotatable bonds is 14. The van der Waals surface area contributed by atoms with Gasteiger partial charge in [0.05, 0.1) is 32.5 Å². The first-order valence-electron chi connectivity index (χ1n) is 7.87. The second-order valence-corrected chi connectivity index (χ2v) is 5.52. The molecule has 0 radical (unpaired) electrons. The summed E-state index contributed by atoms with van der Waals surface area (Å²) in [5, 5.41) is 15.4. The van der Waals surface area contributed by atoms with Crippen molar-refractivity contribution in [3.05, 3.63) is 0 Å². The van der Waals surface area contributed by atoms with Crippen molar-refractivity contribution in [2.45, 2.75) is 39.7 Å². The number of carbonyl (C=O) groups excluding carboxylic acids is 1. The van der Waals surface area contributed by atoms with Gasteiger partial charge in [-0.2, -0.15) is 0 Å². The Labute approximate surface area is 128 Å². The molecule has 1 atom stereocenters. The smallest absolute Gasteiger partial charge is 0.233 e. The van der Waals surface area contributed by atoms with Gasteiger partial charge >= 0.3 is 0 Å². The summed E-state index contributed by atoms with van der Waals surface area (Å²) in [5.74, 6) is 0.383. The minimum absolute atomic E-state index is 0.0545. The van der Waals surface area contributed by atoms with E-state index in [-0.39, 0.29) is 19.1 Å². The zero-order chi connectivity index (χ0) is 15.9. The van der Waals surface area contributed by atoms with Gasteiger partial charge in [0.2, 0.25) is 5.91 Å². The van der Waals surface area contributed by atoms with Crippen LogP contribution >= 0.6 is 0 Å². The highest BCUT2D eigenvalue weighted by molar-refractivity contribution is 5.77. The molecule has 1 amide bonds. The van der Waals surface area contributed by atoms with E-state index in [1.807, 2.05) is 13.8 Å². The fourth-order valence-corrected chi connectivity index (χ4v) is 1.48. The molecule has 0 aromatic carbocycles. The first-order chi connectivity index (χ1) is 10.1. The van der Waals surface area contributed by atoms with Gasteiger partial charge < -0.3 is 25.2 Å². The number of ether oxygens (including phenoxy) is 2. The standard InChI is InChI=1S/C15H32N2O4/c1-4-5-6-20-7-8-21-12-14(18)10-16-11-15(19)17-9-13(2)3/h13-14,16,18H,4-12H2,1-3H3,(H,17,19). The van der Waals surface area contributed by atoms with Gasteiger partial charge in [-0.3, -0.25) is 4.79 Å². The number of unbranched alkanes of at least 4 members (excludes halogenated alkanes) is 1. The molecule has 21 heavy (non-hydrogen) atoms. The summed E-state index contributed by atoms with van der Waals surface area (Å²) in [6.07, 6.45) is 1.57. The molecule has 0 aromatic rings. The van der Waals surface area contributed by atoms with Crippen molar-refractivity contribution in [2.24, 2.45) is 5.92 Å². The van der Waals surface area contributed by atoms with Gasteiger partial charge in [0, 0.05) is 19.7 Å². The molecule has 0 aliphatic carbocycles. The molecule has 1 unspecified atom stereocenters. The number of nitrogens with one attached hydrogen (secondary N) is 2. The first-order valence-corrected chi connectivity index (χ1v) is 7.87. The van der Waals surface area contributed by atoms with E-state index >= 15 is 0 Å². The fourth-order valence-electron chi connectivity index (χ4n) is 1.48. The van der Waals surface area contributed by atoms with Crippen molar-refractivity contribution in [1.82, 2.24) is 10.6 Å². The summed E-state index contributed by atoms with van der Waals surface area (Å²) in [4.78, 5) is 11.4. The molecule has 0 rings (SSSR count). The second kappa shape index (κ2) is 14.3. The molecule has 6 heteroatoms. The van der Waals surface area contributed by atoms with Crippen molar-refractivity contribution in [1.29, 1.82) is 0 Å². The highest BCUT2D eigenvalue weighted by Crippen LogP contribution is 1.89. The Morgan fingerprint density at radius 3 is 2.52 bits per heavy atom. The largest absolute Gasteiger partial charge is 0.389 e. The highest BCUT2D eigenvalue weighted by Gasteiger charge is 2.06. The molecule has 0 aliphatic rings. The maximum atomic E-state index is 11.4. The Morgan fingerprint density at radius 1 is 1.14 bits per heavy atom. The number of carbonyl (C=O) groups is 1. The first kappa shape index (κ1) is 20.3. The number of hydrogen-bond acceptors (Lipinski definition) is 5. The monoisotopic (exact) mass is 304 g/mol. The van der Waals surface area contributed by atoms with Crippen LogP contribution in [-0.2, 0) is 14.3 Å². The van der Waals surface area contributed by atoms with Crippen molar-refractivity contribution in [3.8, 4) is 0 Å². The maximum Gasteiger partial charge on any atom is 0.233 e. The Kier molecular flexibility index (Phi) is 13.8.